The summed E-state index contributed by atoms with van der Waals surface area (Å²) in [4.78, 5) is 0. The number of nitrogens with two attached hydrogens (primary N) is 1. The zero-order valence-electron chi connectivity index (χ0n) is 7.18. The molecular weight excluding hydrogens is 238 g/mol. The molecule has 0 aliphatic carbocycles. The van der Waals surface area contributed by atoms with Gasteiger partial charge < -0.3 is 10.5 Å². The Balaban J connectivity index is 2.98. The van der Waals surface area contributed by atoms with Crippen molar-refractivity contribution in [2.75, 3.05) is 0 Å². The van der Waals surface area contributed by atoms with E-state index >= 15 is 0 Å². The molecule has 2 N–H and O–H groups in total. The molecular formula is C8H6ClF4NO. The van der Waals surface area contributed by atoms with E-state index in [0.717, 1.165) is 18.2 Å². The van der Waals surface area contributed by atoms with Crippen molar-refractivity contribution in [1.82, 2.24) is 0 Å². The number of halogens is 5. The monoisotopic (exact) mass is 243 g/mol. The highest BCUT2D eigenvalue weighted by Gasteiger charge is 2.31. The molecule has 1 rings (SSSR count). The predicted octanol–water partition coefficient (Wildman–Crippen LogP) is 2.92. The SMILES string of the molecule is NC(Cl)c1cc(OC(F)(F)F)ccc1F. The number of rotatable bonds is 2. The Labute approximate surface area is 87.6 Å². The van der Waals surface area contributed by atoms with Crippen LogP contribution in [-0.2, 0) is 0 Å². The van der Waals surface area contributed by atoms with Crippen molar-refractivity contribution in [3.8, 4) is 5.75 Å². The molecule has 0 aliphatic heterocycles. The van der Waals surface area contributed by atoms with Crippen molar-refractivity contribution < 1.29 is 22.3 Å². The van der Waals surface area contributed by atoms with Crippen LogP contribution in [0.15, 0.2) is 18.2 Å². The van der Waals surface area contributed by atoms with Crippen LogP contribution in [0, 0.1) is 5.82 Å². The fourth-order valence-electron chi connectivity index (χ4n) is 0.930. The summed E-state index contributed by atoms with van der Waals surface area (Å²) < 4.78 is 51.9. The van der Waals surface area contributed by atoms with Crippen LogP contribution in [0.25, 0.3) is 0 Å². The summed E-state index contributed by atoms with van der Waals surface area (Å²) in [6, 6.07) is 2.45. The predicted molar refractivity (Wildman–Crippen MR) is 45.9 cm³/mol. The molecule has 1 aromatic rings. The summed E-state index contributed by atoms with van der Waals surface area (Å²) in [7, 11) is 0. The Kier molecular flexibility index (Phi) is 3.41. The van der Waals surface area contributed by atoms with Gasteiger partial charge in [-0.15, -0.1) is 24.8 Å². The van der Waals surface area contributed by atoms with Crippen LogP contribution in [0.2, 0.25) is 0 Å². The van der Waals surface area contributed by atoms with Crippen molar-refractivity contribution in [2.45, 2.75) is 11.9 Å². The lowest BCUT2D eigenvalue weighted by atomic mass is 10.2. The zero-order valence-corrected chi connectivity index (χ0v) is 7.94. The van der Waals surface area contributed by atoms with E-state index in [4.69, 9.17) is 17.3 Å². The molecule has 0 saturated carbocycles. The Morgan fingerprint density at radius 1 is 1.33 bits per heavy atom. The van der Waals surface area contributed by atoms with Crippen LogP contribution >= 0.6 is 11.6 Å². The lowest BCUT2D eigenvalue weighted by molar-refractivity contribution is -0.274. The standard InChI is InChI=1S/C8H6ClF4NO/c9-7(14)5-3-4(1-2-6(5)10)15-8(11,12)13/h1-3,7H,14H2. The first-order valence-corrected chi connectivity index (χ1v) is 4.18. The van der Waals surface area contributed by atoms with Crippen molar-refractivity contribution in [3.05, 3.63) is 29.6 Å². The third-order valence-corrected chi connectivity index (χ3v) is 1.73. The lowest BCUT2D eigenvalue weighted by Crippen LogP contribution is -2.17. The van der Waals surface area contributed by atoms with E-state index in [2.05, 4.69) is 4.74 Å². The topological polar surface area (TPSA) is 35.2 Å². The Morgan fingerprint density at radius 2 is 1.93 bits per heavy atom. The molecule has 0 aliphatic rings. The van der Waals surface area contributed by atoms with Gasteiger partial charge in [0.1, 0.15) is 17.1 Å². The van der Waals surface area contributed by atoms with E-state index in [-0.39, 0.29) is 5.56 Å². The van der Waals surface area contributed by atoms with Crippen molar-refractivity contribution >= 4 is 11.6 Å². The molecule has 0 fully saturated rings. The fourth-order valence-corrected chi connectivity index (χ4v) is 1.10. The van der Waals surface area contributed by atoms with Gasteiger partial charge in [0.05, 0.1) is 0 Å². The molecule has 0 bridgehead atoms. The van der Waals surface area contributed by atoms with Gasteiger partial charge in [-0.2, -0.15) is 0 Å². The molecule has 1 aromatic carbocycles. The minimum atomic E-state index is -4.83. The van der Waals surface area contributed by atoms with Crippen LogP contribution in [0.4, 0.5) is 17.6 Å². The Bertz CT molecular complexity index is 353. The quantitative estimate of drug-likeness (QED) is 0.492. The van der Waals surface area contributed by atoms with Gasteiger partial charge in [0.25, 0.3) is 0 Å². The smallest absolute Gasteiger partial charge is 0.406 e. The highest BCUT2D eigenvalue weighted by Crippen LogP contribution is 2.27. The highest BCUT2D eigenvalue weighted by atomic mass is 35.5. The van der Waals surface area contributed by atoms with Gasteiger partial charge in [-0.3, -0.25) is 0 Å². The van der Waals surface area contributed by atoms with Gasteiger partial charge in [-0.1, -0.05) is 0 Å². The second-order valence-corrected chi connectivity index (χ2v) is 3.10. The van der Waals surface area contributed by atoms with Gasteiger partial charge in [0, 0.05) is 5.56 Å². The third kappa shape index (κ3) is 3.56. The lowest BCUT2D eigenvalue weighted by Gasteiger charge is -2.11. The second-order valence-electron chi connectivity index (χ2n) is 2.63. The van der Waals surface area contributed by atoms with Crippen molar-refractivity contribution in [1.29, 1.82) is 0 Å². The molecule has 0 radical (unpaired) electrons. The molecule has 1 atom stereocenters. The summed E-state index contributed by atoms with van der Waals surface area (Å²) in [6.45, 7) is 0. The van der Waals surface area contributed by atoms with Gasteiger partial charge in [0.2, 0.25) is 0 Å². The van der Waals surface area contributed by atoms with Crippen LogP contribution in [-0.4, -0.2) is 6.36 Å². The molecule has 0 heterocycles. The van der Waals surface area contributed by atoms with Crippen molar-refractivity contribution in [2.24, 2.45) is 5.73 Å². The van der Waals surface area contributed by atoms with Crippen LogP contribution < -0.4 is 10.5 Å². The molecule has 2 nitrogen and oxygen atoms in total. The summed E-state index contributed by atoms with van der Waals surface area (Å²) in [5, 5.41) is 0. The van der Waals surface area contributed by atoms with E-state index < -0.39 is 23.4 Å². The molecule has 84 valence electrons. The molecule has 0 aromatic heterocycles. The van der Waals surface area contributed by atoms with E-state index in [9.17, 15) is 17.6 Å². The normalized spacial score (nSPS) is 13.7. The highest BCUT2D eigenvalue weighted by molar-refractivity contribution is 6.20. The molecule has 0 amide bonds. The van der Waals surface area contributed by atoms with E-state index in [1.54, 1.807) is 0 Å². The molecule has 15 heavy (non-hydrogen) atoms. The third-order valence-electron chi connectivity index (χ3n) is 1.50. The first kappa shape index (κ1) is 12.1. The maximum absolute atomic E-state index is 13.0. The minimum absolute atomic E-state index is 0.251. The molecule has 0 saturated heterocycles. The number of hydrogen-bond acceptors (Lipinski definition) is 2. The summed E-state index contributed by atoms with van der Waals surface area (Å²) in [5.74, 6) is -1.35. The number of benzene rings is 1. The van der Waals surface area contributed by atoms with Crippen molar-refractivity contribution in [3.63, 3.8) is 0 Å². The van der Waals surface area contributed by atoms with Crippen LogP contribution in [0.3, 0.4) is 0 Å². The number of alkyl halides is 4. The summed E-state index contributed by atoms with van der Waals surface area (Å²) >= 11 is 5.35. The molecule has 1 unspecified atom stereocenters. The average Bonchev–Trinajstić information content (AvgIpc) is 2.05. The second kappa shape index (κ2) is 4.24. The van der Waals surface area contributed by atoms with Gasteiger partial charge in [-0.05, 0) is 18.2 Å². The van der Waals surface area contributed by atoms with E-state index in [0.29, 0.717) is 0 Å². The Hall–Kier alpha value is -1.01. The van der Waals surface area contributed by atoms with Gasteiger partial charge in [-0.25, -0.2) is 4.39 Å². The van der Waals surface area contributed by atoms with E-state index in [1.807, 2.05) is 0 Å². The average molecular weight is 244 g/mol. The maximum Gasteiger partial charge on any atom is 0.573 e. The zero-order chi connectivity index (χ0) is 11.6. The molecule has 7 heteroatoms. The van der Waals surface area contributed by atoms with Crippen LogP contribution in [0.1, 0.15) is 11.1 Å². The van der Waals surface area contributed by atoms with Gasteiger partial charge >= 0.3 is 6.36 Å². The Morgan fingerprint density at radius 3 is 2.40 bits per heavy atom. The largest absolute Gasteiger partial charge is 0.573 e. The molecule has 0 spiro atoms. The minimum Gasteiger partial charge on any atom is -0.406 e. The number of hydrogen-bond donors (Lipinski definition) is 1. The maximum atomic E-state index is 13.0. The fraction of sp³-hybridized carbons (Fsp3) is 0.250. The van der Waals surface area contributed by atoms with Gasteiger partial charge in [0.15, 0.2) is 0 Å². The first-order chi connectivity index (χ1) is 6.79. The number of ether oxygens (including phenoxy) is 1. The summed E-state index contributed by atoms with van der Waals surface area (Å²) in [6.07, 6.45) is -4.83. The van der Waals surface area contributed by atoms with E-state index in [1.165, 1.54) is 0 Å². The van der Waals surface area contributed by atoms with Crippen LogP contribution in [0.5, 0.6) is 5.75 Å². The first-order valence-electron chi connectivity index (χ1n) is 3.74. The summed E-state index contributed by atoms with van der Waals surface area (Å²) in [5.41, 5.74) is 3.66.